The molecule has 4 aliphatic rings. The van der Waals surface area contributed by atoms with Gasteiger partial charge in [0.1, 0.15) is 12.2 Å². The number of carbonyl (C=O) groups is 2. The van der Waals surface area contributed by atoms with E-state index in [4.69, 9.17) is 0 Å². The third kappa shape index (κ3) is 2.01. The smallest absolute Gasteiger partial charge is 0.190 e. The second-order valence-electron chi connectivity index (χ2n) is 9.75. The summed E-state index contributed by atoms with van der Waals surface area (Å²) in [5.74, 6) is -2.12. The largest absolute Gasteiger partial charge is 0.390 e. The normalized spacial score (nSPS) is 52.5. The molecular formula is C22H29FO5. The minimum atomic E-state index is -1.98. The molecule has 8 atom stereocenters. The number of Topliss-reactive ketones (excluding diaryl/α,β-unsaturated/α-hetero) is 1. The molecule has 0 saturated heterocycles. The molecule has 0 aromatic rings. The summed E-state index contributed by atoms with van der Waals surface area (Å²) in [6, 6.07) is 0. The summed E-state index contributed by atoms with van der Waals surface area (Å²) in [7, 11) is 0. The van der Waals surface area contributed by atoms with Crippen molar-refractivity contribution in [2.75, 3.05) is 6.61 Å². The molecular weight excluding hydrogens is 363 g/mol. The Hall–Kier alpha value is -1.37. The number of aliphatic hydroxyl groups is 3. The second kappa shape index (κ2) is 5.83. The molecule has 4 unspecified atom stereocenters. The quantitative estimate of drug-likeness (QED) is 0.667. The maximum absolute atomic E-state index is 16.9. The van der Waals surface area contributed by atoms with Gasteiger partial charge < -0.3 is 15.3 Å². The van der Waals surface area contributed by atoms with E-state index in [2.05, 4.69) is 0 Å². The highest BCUT2D eigenvalue weighted by Crippen LogP contribution is 2.70. The molecule has 0 heterocycles. The van der Waals surface area contributed by atoms with Gasteiger partial charge in [-0.15, -0.1) is 0 Å². The summed E-state index contributed by atoms with van der Waals surface area (Å²) in [6.45, 7) is 4.48. The van der Waals surface area contributed by atoms with Crippen LogP contribution >= 0.6 is 0 Å². The summed E-state index contributed by atoms with van der Waals surface area (Å²) in [6.07, 6.45) is 4.44. The first-order chi connectivity index (χ1) is 13.0. The van der Waals surface area contributed by atoms with E-state index in [0.717, 1.165) is 0 Å². The number of ketones is 2. The zero-order chi connectivity index (χ0) is 20.7. The minimum Gasteiger partial charge on any atom is -0.390 e. The monoisotopic (exact) mass is 392 g/mol. The first-order valence-electron chi connectivity index (χ1n) is 10.1. The highest BCUT2D eigenvalue weighted by atomic mass is 19.1. The molecule has 0 aliphatic heterocycles. The first kappa shape index (κ1) is 19.9. The Labute approximate surface area is 164 Å². The van der Waals surface area contributed by atoms with E-state index in [9.17, 15) is 24.9 Å². The lowest BCUT2D eigenvalue weighted by Crippen LogP contribution is -2.69. The molecule has 0 spiro atoms. The molecule has 4 rings (SSSR count). The van der Waals surface area contributed by atoms with Gasteiger partial charge in [0, 0.05) is 16.7 Å². The van der Waals surface area contributed by atoms with E-state index >= 15 is 4.39 Å². The Morgan fingerprint density at radius 3 is 2.64 bits per heavy atom. The predicted octanol–water partition coefficient (Wildman–Crippen LogP) is 1.90. The highest BCUT2D eigenvalue weighted by molar-refractivity contribution is 6.01. The summed E-state index contributed by atoms with van der Waals surface area (Å²) in [5, 5.41) is 32.0. The van der Waals surface area contributed by atoms with Gasteiger partial charge in [-0.25, -0.2) is 4.39 Å². The molecule has 4 aliphatic carbocycles. The molecule has 6 heteroatoms. The lowest BCUT2D eigenvalue weighted by molar-refractivity contribution is -0.219. The lowest BCUT2D eigenvalue weighted by Gasteiger charge is -2.62. The summed E-state index contributed by atoms with van der Waals surface area (Å²) < 4.78 is 16.9. The van der Waals surface area contributed by atoms with Gasteiger partial charge in [0.25, 0.3) is 0 Å². The molecule has 0 amide bonds. The van der Waals surface area contributed by atoms with Gasteiger partial charge in [-0.1, -0.05) is 25.5 Å². The SMILES string of the molecule is CC1CC2[C@@H]3CCC4=CC(=O)C=C[C@]4(C)C3(F)C(O)C[C@]2(C)[C@@]1(O)C(=O)CO. The first-order valence-corrected chi connectivity index (χ1v) is 10.1. The number of fused-ring (bicyclic) bond motifs is 5. The number of aliphatic hydroxyl groups excluding tert-OH is 2. The van der Waals surface area contributed by atoms with Crippen LogP contribution in [0.15, 0.2) is 23.8 Å². The number of rotatable bonds is 2. The second-order valence-corrected chi connectivity index (χ2v) is 9.75. The summed E-state index contributed by atoms with van der Waals surface area (Å²) in [4.78, 5) is 24.4. The number of carbonyl (C=O) groups excluding carboxylic acids is 2. The van der Waals surface area contributed by atoms with Crippen LogP contribution in [0.4, 0.5) is 4.39 Å². The van der Waals surface area contributed by atoms with Gasteiger partial charge in [0.2, 0.25) is 0 Å². The fourth-order valence-electron chi connectivity index (χ4n) is 7.26. The van der Waals surface area contributed by atoms with Crippen molar-refractivity contribution >= 4 is 11.6 Å². The average Bonchev–Trinajstić information content (AvgIpc) is 2.84. The highest BCUT2D eigenvalue weighted by Gasteiger charge is 2.75. The van der Waals surface area contributed by atoms with Crippen LogP contribution in [-0.2, 0) is 9.59 Å². The third-order valence-electron chi connectivity index (χ3n) is 8.79. The third-order valence-corrected chi connectivity index (χ3v) is 8.79. The van der Waals surface area contributed by atoms with Gasteiger partial charge in [0.15, 0.2) is 17.2 Å². The molecule has 0 aromatic heterocycles. The molecule has 3 N–H and O–H groups in total. The fourth-order valence-corrected chi connectivity index (χ4v) is 7.26. The van der Waals surface area contributed by atoms with Crippen LogP contribution in [0.25, 0.3) is 0 Å². The topological polar surface area (TPSA) is 94.8 Å². The Morgan fingerprint density at radius 2 is 2.00 bits per heavy atom. The molecule has 0 radical (unpaired) electrons. The number of alkyl halides is 1. The number of allylic oxidation sites excluding steroid dienone is 4. The van der Waals surface area contributed by atoms with Crippen LogP contribution in [-0.4, -0.2) is 50.9 Å². The van der Waals surface area contributed by atoms with Crippen molar-refractivity contribution in [2.24, 2.45) is 28.6 Å². The van der Waals surface area contributed by atoms with Crippen molar-refractivity contribution < 1.29 is 29.3 Å². The van der Waals surface area contributed by atoms with E-state index in [1.54, 1.807) is 26.8 Å². The predicted molar refractivity (Wildman–Crippen MR) is 99.9 cm³/mol. The Morgan fingerprint density at radius 1 is 1.32 bits per heavy atom. The Bertz CT molecular complexity index is 805. The summed E-state index contributed by atoms with van der Waals surface area (Å²) in [5.41, 5.74) is -5.17. The van der Waals surface area contributed by atoms with Gasteiger partial charge in [0.05, 0.1) is 6.10 Å². The van der Waals surface area contributed by atoms with Crippen LogP contribution < -0.4 is 0 Å². The van der Waals surface area contributed by atoms with Crippen LogP contribution in [0.2, 0.25) is 0 Å². The van der Waals surface area contributed by atoms with Crippen molar-refractivity contribution in [1.82, 2.24) is 0 Å². The Kier molecular flexibility index (Phi) is 4.15. The van der Waals surface area contributed by atoms with Gasteiger partial charge in [-0.3, -0.25) is 9.59 Å². The van der Waals surface area contributed by atoms with Crippen molar-refractivity contribution in [3.63, 3.8) is 0 Å². The maximum atomic E-state index is 16.9. The number of hydrogen-bond donors (Lipinski definition) is 3. The molecule has 0 bridgehead atoms. The standard InChI is InChI=1S/C22H29FO5/c1-12-8-16-15-5-4-13-9-14(25)6-7-19(13,2)21(15,23)17(26)10-20(16,3)22(12,28)18(27)11-24/h6-7,9,12,15-17,24,26,28H,4-5,8,10-11H2,1-3H3/t12?,15-,16?,17?,19-,20-,21?,22-/m0/s1. The number of halogens is 1. The van der Waals surface area contributed by atoms with E-state index in [1.165, 1.54) is 12.2 Å². The summed E-state index contributed by atoms with van der Waals surface area (Å²) >= 11 is 0. The number of hydrogen-bond acceptors (Lipinski definition) is 5. The van der Waals surface area contributed by atoms with E-state index in [1.807, 2.05) is 0 Å². The van der Waals surface area contributed by atoms with Crippen LogP contribution in [0.5, 0.6) is 0 Å². The van der Waals surface area contributed by atoms with Crippen LogP contribution in [0, 0.1) is 28.6 Å². The van der Waals surface area contributed by atoms with Gasteiger partial charge >= 0.3 is 0 Å². The van der Waals surface area contributed by atoms with Crippen molar-refractivity contribution in [2.45, 2.75) is 63.8 Å². The van der Waals surface area contributed by atoms with Gasteiger partial charge in [-0.05, 0) is 56.6 Å². The molecule has 3 saturated carbocycles. The average molecular weight is 392 g/mol. The maximum Gasteiger partial charge on any atom is 0.190 e. The van der Waals surface area contributed by atoms with E-state index in [0.29, 0.717) is 24.8 Å². The van der Waals surface area contributed by atoms with E-state index < -0.39 is 52.4 Å². The van der Waals surface area contributed by atoms with Crippen LogP contribution in [0.1, 0.15) is 46.5 Å². The minimum absolute atomic E-state index is 0.0676. The lowest BCUT2D eigenvalue weighted by atomic mass is 9.44. The molecule has 3 fully saturated rings. The van der Waals surface area contributed by atoms with Crippen molar-refractivity contribution in [3.8, 4) is 0 Å². The van der Waals surface area contributed by atoms with Crippen LogP contribution in [0.3, 0.4) is 0 Å². The zero-order valence-corrected chi connectivity index (χ0v) is 16.6. The van der Waals surface area contributed by atoms with Crippen molar-refractivity contribution in [1.29, 1.82) is 0 Å². The molecule has 28 heavy (non-hydrogen) atoms. The van der Waals surface area contributed by atoms with Gasteiger partial charge in [-0.2, -0.15) is 0 Å². The Balaban J connectivity index is 1.84. The molecule has 0 aromatic carbocycles. The van der Waals surface area contributed by atoms with Crippen molar-refractivity contribution in [3.05, 3.63) is 23.8 Å². The fraction of sp³-hybridized carbons (Fsp3) is 0.727. The molecule has 154 valence electrons. The molecule has 5 nitrogen and oxygen atoms in total. The van der Waals surface area contributed by atoms with E-state index in [-0.39, 0.29) is 18.1 Å². The zero-order valence-electron chi connectivity index (χ0n) is 16.6.